The zero-order valence-electron chi connectivity index (χ0n) is 12.5. The highest BCUT2D eigenvalue weighted by atomic mass is 19.1. The summed E-state index contributed by atoms with van der Waals surface area (Å²) < 4.78 is 18.5. The molecule has 3 rings (SSSR count). The summed E-state index contributed by atoms with van der Waals surface area (Å²) in [4.78, 5) is 25.4. The molecule has 1 aromatic heterocycles. The fourth-order valence-corrected chi connectivity index (χ4v) is 2.77. The number of halogens is 1. The summed E-state index contributed by atoms with van der Waals surface area (Å²) in [5.74, 6) is -0.578. The maximum Gasteiger partial charge on any atom is 0.289 e. The van der Waals surface area contributed by atoms with Gasteiger partial charge in [0.1, 0.15) is 11.6 Å². The van der Waals surface area contributed by atoms with Crippen molar-refractivity contribution in [2.75, 3.05) is 13.1 Å². The summed E-state index contributed by atoms with van der Waals surface area (Å²) in [7, 11) is 0. The minimum atomic E-state index is -0.381. The van der Waals surface area contributed by atoms with Crippen molar-refractivity contribution in [3.8, 4) is 11.3 Å². The molecular weight excluding hydrogens is 299 g/mol. The van der Waals surface area contributed by atoms with Crippen molar-refractivity contribution in [2.24, 2.45) is 11.7 Å². The number of primary amides is 1. The second-order valence-electron chi connectivity index (χ2n) is 5.66. The predicted molar refractivity (Wildman–Crippen MR) is 81.9 cm³/mol. The van der Waals surface area contributed by atoms with Crippen LogP contribution in [0.1, 0.15) is 23.4 Å². The first-order valence-electron chi connectivity index (χ1n) is 7.49. The van der Waals surface area contributed by atoms with E-state index < -0.39 is 0 Å². The van der Waals surface area contributed by atoms with Crippen molar-refractivity contribution in [2.45, 2.75) is 12.8 Å². The number of hydrogen-bond donors (Lipinski definition) is 1. The smallest absolute Gasteiger partial charge is 0.289 e. The number of furan rings is 1. The third-order valence-electron chi connectivity index (χ3n) is 4.06. The lowest BCUT2D eigenvalue weighted by Gasteiger charge is -2.30. The first-order chi connectivity index (χ1) is 11.0. The third-order valence-corrected chi connectivity index (χ3v) is 4.06. The summed E-state index contributed by atoms with van der Waals surface area (Å²) in [5, 5.41) is 0. The molecule has 2 amide bonds. The highest BCUT2D eigenvalue weighted by molar-refractivity contribution is 5.92. The van der Waals surface area contributed by atoms with Gasteiger partial charge in [-0.05, 0) is 49.2 Å². The Kier molecular flexibility index (Phi) is 4.14. The molecule has 1 saturated heterocycles. The molecular formula is C17H17FN2O3. The van der Waals surface area contributed by atoms with E-state index in [1.807, 2.05) is 0 Å². The van der Waals surface area contributed by atoms with Crippen LogP contribution in [0.4, 0.5) is 4.39 Å². The lowest BCUT2D eigenvalue weighted by Crippen LogP contribution is -2.44. The average molecular weight is 316 g/mol. The SMILES string of the molecule is NC(=O)C1CCCN(C(=O)c2ccc(-c3ccc(F)cc3)o2)C1. The van der Waals surface area contributed by atoms with Crippen molar-refractivity contribution < 1.29 is 18.4 Å². The van der Waals surface area contributed by atoms with Crippen LogP contribution in [0.25, 0.3) is 11.3 Å². The number of carbonyl (C=O) groups is 2. The molecule has 1 unspecified atom stereocenters. The molecule has 120 valence electrons. The summed E-state index contributed by atoms with van der Waals surface area (Å²) in [6.45, 7) is 0.899. The van der Waals surface area contributed by atoms with Gasteiger partial charge in [-0.2, -0.15) is 0 Å². The predicted octanol–water partition coefficient (Wildman–Crippen LogP) is 2.42. The van der Waals surface area contributed by atoms with E-state index in [2.05, 4.69) is 0 Å². The molecule has 1 aromatic carbocycles. The topological polar surface area (TPSA) is 76.5 Å². The van der Waals surface area contributed by atoms with Gasteiger partial charge in [-0.15, -0.1) is 0 Å². The van der Waals surface area contributed by atoms with E-state index in [0.717, 1.165) is 6.42 Å². The van der Waals surface area contributed by atoms with Crippen molar-refractivity contribution in [1.82, 2.24) is 4.90 Å². The van der Waals surface area contributed by atoms with Gasteiger partial charge in [0.15, 0.2) is 5.76 Å². The molecule has 0 saturated carbocycles. The van der Waals surface area contributed by atoms with Gasteiger partial charge in [0, 0.05) is 18.7 Å². The van der Waals surface area contributed by atoms with E-state index >= 15 is 0 Å². The van der Waals surface area contributed by atoms with Crippen molar-refractivity contribution in [3.63, 3.8) is 0 Å². The van der Waals surface area contributed by atoms with Gasteiger partial charge in [-0.3, -0.25) is 9.59 Å². The molecule has 5 nitrogen and oxygen atoms in total. The van der Waals surface area contributed by atoms with Gasteiger partial charge in [-0.1, -0.05) is 0 Å². The summed E-state index contributed by atoms with van der Waals surface area (Å²) in [6, 6.07) is 9.12. The molecule has 2 N–H and O–H groups in total. The summed E-state index contributed by atoms with van der Waals surface area (Å²) in [5.41, 5.74) is 6.02. The zero-order valence-corrected chi connectivity index (χ0v) is 12.5. The lowest BCUT2D eigenvalue weighted by atomic mass is 9.97. The van der Waals surface area contributed by atoms with Gasteiger partial charge in [0.25, 0.3) is 5.91 Å². The Morgan fingerprint density at radius 1 is 1.17 bits per heavy atom. The summed E-state index contributed by atoms with van der Waals surface area (Å²) >= 11 is 0. The van der Waals surface area contributed by atoms with Crippen LogP contribution >= 0.6 is 0 Å². The lowest BCUT2D eigenvalue weighted by molar-refractivity contribution is -0.123. The van der Waals surface area contributed by atoms with Crippen LogP contribution in [0.2, 0.25) is 0 Å². The number of carbonyl (C=O) groups excluding carboxylic acids is 2. The van der Waals surface area contributed by atoms with E-state index in [0.29, 0.717) is 30.8 Å². The monoisotopic (exact) mass is 316 g/mol. The zero-order chi connectivity index (χ0) is 16.4. The fraction of sp³-hybridized carbons (Fsp3) is 0.294. The van der Waals surface area contributed by atoms with Crippen molar-refractivity contribution >= 4 is 11.8 Å². The quantitative estimate of drug-likeness (QED) is 0.944. The highest BCUT2D eigenvalue weighted by Gasteiger charge is 2.28. The molecule has 23 heavy (non-hydrogen) atoms. The number of piperidine rings is 1. The molecule has 1 fully saturated rings. The molecule has 2 aromatic rings. The van der Waals surface area contributed by atoms with E-state index in [1.165, 1.54) is 12.1 Å². The Morgan fingerprint density at radius 3 is 2.61 bits per heavy atom. The maximum absolute atomic E-state index is 13.0. The number of benzene rings is 1. The molecule has 2 heterocycles. The normalized spacial score (nSPS) is 18.0. The Morgan fingerprint density at radius 2 is 1.91 bits per heavy atom. The number of hydrogen-bond acceptors (Lipinski definition) is 3. The number of likely N-dealkylation sites (tertiary alicyclic amines) is 1. The van der Waals surface area contributed by atoms with Gasteiger partial charge in [0.05, 0.1) is 5.92 Å². The molecule has 1 aliphatic rings. The first kappa shape index (κ1) is 15.3. The van der Waals surface area contributed by atoms with Crippen LogP contribution in [0.5, 0.6) is 0 Å². The fourth-order valence-electron chi connectivity index (χ4n) is 2.77. The largest absolute Gasteiger partial charge is 0.451 e. The van der Waals surface area contributed by atoms with E-state index in [-0.39, 0.29) is 29.3 Å². The number of nitrogens with zero attached hydrogens (tertiary/aromatic N) is 1. The second-order valence-corrected chi connectivity index (χ2v) is 5.66. The molecule has 0 radical (unpaired) electrons. The van der Waals surface area contributed by atoms with E-state index in [4.69, 9.17) is 10.2 Å². The van der Waals surface area contributed by atoms with Gasteiger partial charge in [0.2, 0.25) is 5.91 Å². The maximum atomic E-state index is 13.0. The summed E-state index contributed by atoms with van der Waals surface area (Å²) in [6.07, 6.45) is 1.45. The van der Waals surface area contributed by atoms with Crippen molar-refractivity contribution in [1.29, 1.82) is 0 Å². The van der Waals surface area contributed by atoms with Crippen LogP contribution in [0.15, 0.2) is 40.8 Å². The molecule has 0 bridgehead atoms. The first-order valence-corrected chi connectivity index (χ1v) is 7.49. The molecule has 6 heteroatoms. The van der Waals surface area contributed by atoms with Gasteiger partial charge in [-0.25, -0.2) is 4.39 Å². The van der Waals surface area contributed by atoms with Crippen molar-refractivity contribution in [3.05, 3.63) is 48.0 Å². The van der Waals surface area contributed by atoms with Crippen LogP contribution in [-0.4, -0.2) is 29.8 Å². The van der Waals surface area contributed by atoms with E-state index in [9.17, 15) is 14.0 Å². The van der Waals surface area contributed by atoms with Crippen LogP contribution < -0.4 is 5.73 Å². The van der Waals surface area contributed by atoms with Gasteiger partial charge < -0.3 is 15.1 Å². The highest BCUT2D eigenvalue weighted by Crippen LogP contribution is 2.24. The van der Waals surface area contributed by atoms with Crippen LogP contribution in [-0.2, 0) is 4.79 Å². The number of rotatable bonds is 3. The van der Waals surface area contributed by atoms with E-state index in [1.54, 1.807) is 29.2 Å². The molecule has 0 aliphatic carbocycles. The Balaban J connectivity index is 1.75. The van der Waals surface area contributed by atoms with Crippen LogP contribution in [0.3, 0.4) is 0 Å². The minimum absolute atomic E-state index is 0.203. The molecule has 1 aliphatic heterocycles. The standard InChI is InChI=1S/C17H17FN2O3/c18-13-5-3-11(4-6-13)14-7-8-15(23-14)17(22)20-9-1-2-12(10-20)16(19)21/h3-8,12H,1-2,9-10H2,(H2,19,21). The Labute approximate surface area is 132 Å². The molecule has 0 spiro atoms. The number of nitrogens with two attached hydrogens (primary N) is 1. The molecule has 1 atom stereocenters. The minimum Gasteiger partial charge on any atom is -0.451 e. The average Bonchev–Trinajstić information content (AvgIpc) is 3.05. The van der Waals surface area contributed by atoms with Gasteiger partial charge >= 0.3 is 0 Å². The van der Waals surface area contributed by atoms with Crippen LogP contribution in [0, 0.1) is 11.7 Å². The Hall–Kier alpha value is -2.63. The third kappa shape index (κ3) is 3.26. The number of amides is 2. The second kappa shape index (κ2) is 6.24. The Bertz CT molecular complexity index is 724.